The van der Waals surface area contributed by atoms with Gasteiger partial charge in [-0.3, -0.25) is 9.89 Å². The Morgan fingerprint density at radius 2 is 2.28 bits per heavy atom. The molecule has 0 radical (unpaired) electrons. The molecule has 1 aromatic heterocycles. The Kier molecular flexibility index (Phi) is 5.11. The number of anilines is 1. The van der Waals surface area contributed by atoms with Crippen LogP contribution in [-0.2, 0) is 4.74 Å². The summed E-state index contributed by atoms with van der Waals surface area (Å²) in [6.07, 6.45) is -0.747. The summed E-state index contributed by atoms with van der Waals surface area (Å²) >= 11 is 0. The van der Waals surface area contributed by atoms with Crippen LogP contribution in [-0.4, -0.2) is 47.6 Å². The third kappa shape index (κ3) is 3.44. The molecule has 0 aliphatic rings. The van der Waals surface area contributed by atoms with Gasteiger partial charge in [0.05, 0.1) is 24.1 Å². The maximum absolute atomic E-state index is 11.8. The lowest BCUT2D eigenvalue weighted by atomic mass is 10.1. The van der Waals surface area contributed by atoms with Crippen molar-refractivity contribution in [1.82, 2.24) is 15.5 Å². The molecule has 18 heavy (non-hydrogen) atoms. The van der Waals surface area contributed by atoms with Crippen LogP contribution in [0.2, 0.25) is 0 Å². The number of carbonyl (C=O) groups is 1. The van der Waals surface area contributed by atoms with Crippen molar-refractivity contribution < 1.29 is 14.6 Å². The van der Waals surface area contributed by atoms with Crippen molar-refractivity contribution in [1.29, 1.82) is 0 Å². The zero-order valence-electron chi connectivity index (χ0n) is 10.9. The van der Waals surface area contributed by atoms with Crippen LogP contribution in [0, 0.1) is 0 Å². The normalized spacial score (nSPS) is 12.7. The van der Waals surface area contributed by atoms with E-state index in [1.165, 1.54) is 7.11 Å². The maximum Gasteiger partial charge on any atom is 0.274 e. The van der Waals surface area contributed by atoms with Crippen molar-refractivity contribution in [2.75, 3.05) is 26.0 Å². The molecule has 0 spiro atoms. The number of aromatic amines is 1. The zero-order chi connectivity index (χ0) is 13.7. The minimum Gasteiger partial charge on any atom is -0.395 e. The number of nitrogens with two attached hydrogens (primary N) is 1. The number of ether oxygens (including phenoxy) is 1. The minimum absolute atomic E-state index is 0.0932. The first-order valence-corrected chi connectivity index (χ1v) is 5.76. The van der Waals surface area contributed by atoms with Gasteiger partial charge in [0.1, 0.15) is 0 Å². The Morgan fingerprint density at radius 1 is 1.61 bits per heavy atom. The summed E-state index contributed by atoms with van der Waals surface area (Å²) in [5.41, 5.74) is 7.07. The van der Waals surface area contributed by atoms with E-state index < -0.39 is 12.0 Å². The number of aliphatic hydroxyl groups is 1. The fourth-order valence-electron chi connectivity index (χ4n) is 1.52. The van der Waals surface area contributed by atoms with Gasteiger partial charge in [-0.15, -0.1) is 0 Å². The van der Waals surface area contributed by atoms with Crippen LogP contribution in [0.3, 0.4) is 0 Å². The molecule has 0 saturated heterocycles. The lowest BCUT2D eigenvalue weighted by Gasteiger charge is -2.10. The summed E-state index contributed by atoms with van der Waals surface area (Å²) < 4.78 is 4.75. The predicted octanol–water partition coefficient (Wildman–Crippen LogP) is -0.148. The van der Waals surface area contributed by atoms with Gasteiger partial charge < -0.3 is 20.9 Å². The molecule has 102 valence electrons. The van der Waals surface area contributed by atoms with E-state index in [-0.39, 0.29) is 24.8 Å². The predicted molar refractivity (Wildman–Crippen MR) is 67.3 cm³/mol. The summed E-state index contributed by atoms with van der Waals surface area (Å²) in [7, 11) is 1.48. The molecule has 1 unspecified atom stereocenters. The van der Waals surface area contributed by atoms with Gasteiger partial charge in [-0.25, -0.2) is 0 Å². The van der Waals surface area contributed by atoms with Gasteiger partial charge in [-0.05, 0) is 5.92 Å². The number of nitrogen functional groups attached to an aromatic ring is 1. The van der Waals surface area contributed by atoms with Gasteiger partial charge in [0.15, 0.2) is 5.69 Å². The van der Waals surface area contributed by atoms with E-state index in [1.807, 2.05) is 13.8 Å². The van der Waals surface area contributed by atoms with Crippen molar-refractivity contribution >= 4 is 11.6 Å². The lowest BCUT2D eigenvalue weighted by molar-refractivity contribution is 0.0609. The van der Waals surface area contributed by atoms with Gasteiger partial charge in [0.2, 0.25) is 0 Å². The van der Waals surface area contributed by atoms with Crippen LogP contribution in [0.25, 0.3) is 0 Å². The Morgan fingerprint density at radius 3 is 2.78 bits per heavy atom. The smallest absolute Gasteiger partial charge is 0.274 e. The third-order valence-corrected chi connectivity index (χ3v) is 2.48. The summed E-state index contributed by atoms with van der Waals surface area (Å²) in [5.74, 6) is -0.246. The number of hydrogen-bond acceptors (Lipinski definition) is 5. The summed E-state index contributed by atoms with van der Waals surface area (Å²) in [5, 5.41) is 18.6. The summed E-state index contributed by atoms with van der Waals surface area (Å²) in [6, 6.07) is 0. The average Bonchev–Trinajstić information content (AvgIpc) is 2.68. The fraction of sp³-hybridized carbons (Fsp3) is 0.636. The van der Waals surface area contributed by atoms with Crippen molar-refractivity contribution in [2.45, 2.75) is 25.9 Å². The van der Waals surface area contributed by atoms with Crippen LogP contribution in [0.5, 0.6) is 0 Å². The van der Waals surface area contributed by atoms with Crippen LogP contribution in [0.4, 0.5) is 5.69 Å². The molecule has 1 amide bonds. The SMILES string of the molecule is COCC(O)CNC(=O)c1n[nH]c(C(C)C)c1N. The number of nitrogens with zero attached hydrogens (tertiary/aromatic N) is 1. The molecule has 1 rings (SSSR count). The van der Waals surface area contributed by atoms with Crippen molar-refractivity contribution in [2.24, 2.45) is 0 Å². The first kappa shape index (κ1) is 14.5. The molecule has 0 bridgehead atoms. The molecule has 0 aliphatic heterocycles. The lowest BCUT2D eigenvalue weighted by Crippen LogP contribution is -2.34. The average molecular weight is 256 g/mol. The monoisotopic (exact) mass is 256 g/mol. The maximum atomic E-state index is 11.8. The standard InChI is InChI=1S/C11H20N4O3/c1-6(2)9-8(12)10(15-14-9)11(17)13-4-7(16)5-18-3/h6-7,16H,4-5,12H2,1-3H3,(H,13,17)(H,14,15). The highest BCUT2D eigenvalue weighted by molar-refractivity contribution is 5.97. The van der Waals surface area contributed by atoms with Crippen molar-refractivity contribution in [3.8, 4) is 0 Å². The number of carbonyl (C=O) groups excluding carboxylic acids is 1. The Hall–Kier alpha value is -1.60. The molecule has 7 heteroatoms. The van der Waals surface area contributed by atoms with Crippen LogP contribution in [0.1, 0.15) is 35.9 Å². The molecule has 1 atom stereocenters. The molecule has 5 N–H and O–H groups in total. The molecule has 0 aliphatic carbocycles. The third-order valence-electron chi connectivity index (χ3n) is 2.48. The number of amides is 1. The number of hydrogen-bond donors (Lipinski definition) is 4. The largest absolute Gasteiger partial charge is 0.395 e. The highest BCUT2D eigenvalue weighted by Gasteiger charge is 2.19. The molecule has 0 saturated carbocycles. The number of H-pyrrole nitrogens is 1. The van der Waals surface area contributed by atoms with Crippen LogP contribution >= 0.6 is 0 Å². The van der Waals surface area contributed by atoms with Crippen LogP contribution in [0.15, 0.2) is 0 Å². The topological polar surface area (TPSA) is 113 Å². The van der Waals surface area contributed by atoms with E-state index in [0.717, 1.165) is 5.69 Å². The second-order valence-electron chi connectivity index (χ2n) is 4.37. The Labute approximate surface area is 106 Å². The Balaban J connectivity index is 2.62. The van der Waals surface area contributed by atoms with E-state index in [2.05, 4.69) is 15.5 Å². The highest BCUT2D eigenvalue weighted by Crippen LogP contribution is 2.21. The minimum atomic E-state index is -0.747. The van der Waals surface area contributed by atoms with Gasteiger partial charge in [-0.2, -0.15) is 5.10 Å². The molecule has 0 fully saturated rings. The van der Waals surface area contributed by atoms with Crippen LogP contribution < -0.4 is 11.1 Å². The second-order valence-corrected chi connectivity index (χ2v) is 4.37. The number of methoxy groups -OCH3 is 1. The van der Waals surface area contributed by atoms with Gasteiger partial charge in [-0.1, -0.05) is 13.8 Å². The molecule has 7 nitrogen and oxygen atoms in total. The van der Waals surface area contributed by atoms with Gasteiger partial charge >= 0.3 is 0 Å². The molecule has 0 aromatic carbocycles. The van der Waals surface area contributed by atoms with E-state index in [1.54, 1.807) is 0 Å². The number of nitrogens with one attached hydrogen (secondary N) is 2. The van der Waals surface area contributed by atoms with Crippen molar-refractivity contribution in [3.05, 3.63) is 11.4 Å². The second kappa shape index (κ2) is 6.36. The first-order chi connectivity index (χ1) is 8.47. The fourth-order valence-corrected chi connectivity index (χ4v) is 1.52. The quantitative estimate of drug-likeness (QED) is 0.565. The van der Waals surface area contributed by atoms with E-state index in [4.69, 9.17) is 10.5 Å². The summed E-state index contributed by atoms with van der Waals surface area (Å²) in [4.78, 5) is 11.8. The van der Waals surface area contributed by atoms with E-state index in [9.17, 15) is 9.90 Å². The highest BCUT2D eigenvalue weighted by atomic mass is 16.5. The first-order valence-electron chi connectivity index (χ1n) is 5.76. The van der Waals surface area contributed by atoms with Crippen molar-refractivity contribution in [3.63, 3.8) is 0 Å². The van der Waals surface area contributed by atoms with E-state index in [0.29, 0.717) is 5.69 Å². The zero-order valence-corrected chi connectivity index (χ0v) is 10.9. The molecule has 1 aromatic rings. The molecular weight excluding hydrogens is 236 g/mol. The Bertz CT molecular complexity index is 403. The molecule has 1 heterocycles. The van der Waals surface area contributed by atoms with E-state index >= 15 is 0 Å². The number of aromatic nitrogens is 2. The number of aliphatic hydroxyl groups excluding tert-OH is 1. The van der Waals surface area contributed by atoms with Gasteiger partial charge in [0.25, 0.3) is 5.91 Å². The van der Waals surface area contributed by atoms with Gasteiger partial charge in [0, 0.05) is 13.7 Å². The summed E-state index contributed by atoms with van der Waals surface area (Å²) in [6.45, 7) is 4.16. The number of rotatable bonds is 6. The molecular formula is C11H20N4O3.